The van der Waals surface area contributed by atoms with Crippen molar-refractivity contribution >= 4 is 32.7 Å². The SMILES string of the molecule is O=C(NCc1cccc2cccnc12)c1ccoc1Br. The number of fused-ring (bicyclic) bond motifs is 1. The fraction of sp³-hybridized carbons (Fsp3) is 0.0667. The number of pyridine rings is 1. The van der Waals surface area contributed by atoms with E-state index in [0.717, 1.165) is 16.5 Å². The van der Waals surface area contributed by atoms with Crippen molar-refractivity contribution in [1.29, 1.82) is 0 Å². The number of halogens is 1. The lowest BCUT2D eigenvalue weighted by molar-refractivity contribution is 0.0949. The quantitative estimate of drug-likeness (QED) is 0.799. The van der Waals surface area contributed by atoms with Crippen LogP contribution in [0.25, 0.3) is 10.9 Å². The Balaban J connectivity index is 1.81. The van der Waals surface area contributed by atoms with Crippen LogP contribution in [0.4, 0.5) is 0 Å². The lowest BCUT2D eigenvalue weighted by Crippen LogP contribution is -2.22. The van der Waals surface area contributed by atoms with Gasteiger partial charge in [-0.3, -0.25) is 9.78 Å². The summed E-state index contributed by atoms with van der Waals surface area (Å²) < 4.78 is 5.49. The summed E-state index contributed by atoms with van der Waals surface area (Å²) in [4.78, 5) is 16.4. The maximum absolute atomic E-state index is 12.0. The van der Waals surface area contributed by atoms with Crippen LogP contribution in [0, 0.1) is 0 Å². The predicted molar refractivity (Wildman–Crippen MR) is 79.3 cm³/mol. The van der Waals surface area contributed by atoms with E-state index in [0.29, 0.717) is 16.8 Å². The normalized spacial score (nSPS) is 10.7. The Hall–Kier alpha value is -2.14. The van der Waals surface area contributed by atoms with E-state index in [2.05, 4.69) is 26.2 Å². The second-order valence-corrected chi connectivity index (χ2v) is 5.00. The molecule has 2 heterocycles. The standard InChI is InChI=1S/C15H11BrN2O2/c16-14-12(6-8-20-14)15(19)18-9-11-4-1-3-10-5-2-7-17-13(10)11/h1-8H,9H2,(H,18,19). The van der Waals surface area contributed by atoms with Crippen LogP contribution in [-0.4, -0.2) is 10.9 Å². The molecule has 5 heteroatoms. The Morgan fingerprint density at radius 2 is 2.10 bits per heavy atom. The van der Waals surface area contributed by atoms with Crippen LogP contribution in [0.15, 0.2) is 57.9 Å². The van der Waals surface area contributed by atoms with Gasteiger partial charge in [0.1, 0.15) is 0 Å². The number of furan rings is 1. The molecule has 20 heavy (non-hydrogen) atoms. The zero-order valence-corrected chi connectivity index (χ0v) is 12.1. The molecule has 4 nitrogen and oxygen atoms in total. The van der Waals surface area contributed by atoms with E-state index in [1.54, 1.807) is 12.3 Å². The molecule has 0 radical (unpaired) electrons. The zero-order valence-electron chi connectivity index (χ0n) is 10.5. The number of nitrogens with zero attached hydrogens (tertiary/aromatic N) is 1. The third-order valence-corrected chi connectivity index (χ3v) is 3.63. The van der Waals surface area contributed by atoms with Crippen LogP contribution >= 0.6 is 15.9 Å². The average molecular weight is 331 g/mol. The summed E-state index contributed by atoms with van der Waals surface area (Å²) >= 11 is 3.19. The van der Waals surface area contributed by atoms with Crippen molar-refractivity contribution in [1.82, 2.24) is 10.3 Å². The molecule has 1 aromatic carbocycles. The first-order chi connectivity index (χ1) is 9.75. The van der Waals surface area contributed by atoms with Gasteiger partial charge in [-0.05, 0) is 33.6 Å². The zero-order chi connectivity index (χ0) is 13.9. The van der Waals surface area contributed by atoms with Gasteiger partial charge in [0, 0.05) is 18.1 Å². The van der Waals surface area contributed by atoms with E-state index in [4.69, 9.17) is 4.42 Å². The third-order valence-electron chi connectivity index (χ3n) is 3.02. The van der Waals surface area contributed by atoms with Gasteiger partial charge < -0.3 is 9.73 Å². The molecule has 0 saturated carbocycles. The van der Waals surface area contributed by atoms with Crippen molar-refractivity contribution in [2.24, 2.45) is 0 Å². The monoisotopic (exact) mass is 330 g/mol. The smallest absolute Gasteiger partial charge is 0.256 e. The summed E-state index contributed by atoms with van der Waals surface area (Å²) in [5.74, 6) is -0.182. The molecule has 0 unspecified atom stereocenters. The number of para-hydroxylation sites is 1. The van der Waals surface area contributed by atoms with E-state index in [-0.39, 0.29) is 5.91 Å². The first-order valence-corrected chi connectivity index (χ1v) is 6.89. The fourth-order valence-electron chi connectivity index (χ4n) is 2.04. The van der Waals surface area contributed by atoms with Crippen molar-refractivity contribution in [2.45, 2.75) is 6.54 Å². The molecule has 0 aliphatic heterocycles. The van der Waals surface area contributed by atoms with Crippen LogP contribution in [-0.2, 0) is 6.54 Å². The third kappa shape index (κ3) is 2.44. The van der Waals surface area contributed by atoms with Gasteiger partial charge in [-0.1, -0.05) is 24.3 Å². The Kier molecular flexibility index (Phi) is 3.52. The molecule has 0 aliphatic rings. The molecule has 0 bridgehead atoms. The molecular weight excluding hydrogens is 320 g/mol. The number of hydrogen-bond donors (Lipinski definition) is 1. The van der Waals surface area contributed by atoms with E-state index < -0.39 is 0 Å². The number of hydrogen-bond acceptors (Lipinski definition) is 3. The van der Waals surface area contributed by atoms with Crippen LogP contribution in [0.5, 0.6) is 0 Å². The van der Waals surface area contributed by atoms with Crippen molar-refractivity contribution in [3.63, 3.8) is 0 Å². The second kappa shape index (κ2) is 5.46. The minimum absolute atomic E-state index is 0.182. The maximum Gasteiger partial charge on any atom is 0.256 e. The highest BCUT2D eigenvalue weighted by molar-refractivity contribution is 9.10. The molecular formula is C15H11BrN2O2. The fourth-order valence-corrected chi connectivity index (χ4v) is 2.46. The van der Waals surface area contributed by atoms with Crippen molar-refractivity contribution in [3.8, 4) is 0 Å². The summed E-state index contributed by atoms with van der Waals surface area (Å²) in [6.07, 6.45) is 3.22. The molecule has 0 atom stereocenters. The summed E-state index contributed by atoms with van der Waals surface area (Å²) in [5.41, 5.74) is 2.37. The van der Waals surface area contributed by atoms with Crippen molar-refractivity contribution in [2.75, 3.05) is 0 Å². The average Bonchev–Trinajstić information content (AvgIpc) is 2.91. The highest BCUT2D eigenvalue weighted by Gasteiger charge is 2.12. The molecule has 0 saturated heterocycles. The van der Waals surface area contributed by atoms with Crippen molar-refractivity contribution < 1.29 is 9.21 Å². The number of carbonyl (C=O) groups is 1. The van der Waals surface area contributed by atoms with Crippen LogP contribution in [0.1, 0.15) is 15.9 Å². The molecule has 0 spiro atoms. The predicted octanol–water partition coefficient (Wildman–Crippen LogP) is 3.52. The molecule has 0 aliphatic carbocycles. The summed E-state index contributed by atoms with van der Waals surface area (Å²) in [6, 6.07) is 11.4. The van der Waals surface area contributed by atoms with Crippen molar-refractivity contribution in [3.05, 3.63) is 64.7 Å². The lowest BCUT2D eigenvalue weighted by Gasteiger charge is -2.07. The van der Waals surface area contributed by atoms with E-state index in [1.807, 2.05) is 30.3 Å². The first kappa shape index (κ1) is 12.9. The minimum Gasteiger partial charge on any atom is -0.457 e. The van der Waals surface area contributed by atoms with E-state index in [1.165, 1.54) is 6.26 Å². The van der Waals surface area contributed by atoms with Gasteiger partial charge in [-0.15, -0.1) is 0 Å². The van der Waals surface area contributed by atoms with Gasteiger partial charge in [0.05, 0.1) is 17.3 Å². The van der Waals surface area contributed by atoms with Gasteiger partial charge in [0.2, 0.25) is 0 Å². The van der Waals surface area contributed by atoms with Gasteiger partial charge in [-0.25, -0.2) is 0 Å². The number of aromatic nitrogens is 1. The molecule has 3 aromatic rings. The topological polar surface area (TPSA) is 55.1 Å². The molecule has 1 N–H and O–H groups in total. The van der Waals surface area contributed by atoms with E-state index in [9.17, 15) is 4.79 Å². The number of nitrogens with one attached hydrogen (secondary N) is 1. The Morgan fingerprint density at radius 3 is 2.90 bits per heavy atom. The Morgan fingerprint density at radius 1 is 1.25 bits per heavy atom. The first-order valence-electron chi connectivity index (χ1n) is 6.09. The second-order valence-electron chi connectivity index (χ2n) is 4.28. The molecule has 2 aromatic heterocycles. The summed E-state index contributed by atoms with van der Waals surface area (Å²) in [5, 5.41) is 3.92. The van der Waals surface area contributed by atoms with Crippen LogP contribution < -0.4 is 5.32 Å². The number of benzene rings is 1. The Labute approximate surface area is 123 Å². The lowest BCUT2D eigenvalue weighted by atomic mass is 10.1. The molecule has 3 rings (SSSR count). The maximum atomic E-state index is 12.0. The largest absolute Gasteiger partial charge is 0.457 e. The Bertz CT molecular complexity index is 762. The summed E-state index contributed by atoms with van der Waals surface area (Å²) in [7, 11) is 0. The van der Waals surface area contributed by atoms with Crippen LogP contribution in [0.3, 0.4) is 0 Å². The number of carbonyl (C=O) groups excluding carboxylic acids is 1. The van der Waals surface area contributed by atoms with Gasteiger partial charge >= 0.3 is 0 Å². The van der Waals surface area contributed by atoms with Gasteiger partial charge in [0.15, 0.2) is 4.67 Å². The van der Waals surface area contributed by atoms with E-state index >= 15 is 0 Å². The highest BCUT2D eigenvalue weighted by atomic mass is 79.9. The number of rotatable bonds is 3. The molecule has 0 fully saturated rings. The van der Waals surface area contributed by atoms with Crippen LogP contribution in [0.2, 0.25) is 0 Å². The van der Waals surface area contributed by atoms with Gasteiger partial charge in [0.25, 0.3) is 5.91 Å². The number of amides is 1. The minimum atomic E-state index is -0.182. The highest BCUT2D eigenvalue weighted by Crippen LogP contribution is 2.18. The van der Waals surface area contributed by atoms with Gasteiger partial charge in [-0.2, -0.15) is 0 Å². The summed E-state index contributed by atoms with van der Waals surface area (Å²) in [6.45, 7) is 0.421. The molecule has 1 amide bonds. The molecule has 100 valence electrons.